The van der Waals surface area contributed by atoms with Gasteiger partial charge in [0.15, 0.2) is 0 Å². The van der Waals surface area contributed by atoms with Gasteiger partial charge in [-0.3, -0.25) is 0 Å². The van der Waals surface area contributed by atoms with Crippen LogP contribution in [0, 0.1) is 0 Å². The summed E-state index contributed by atoms with van der Waals surface area (Å²) in [5, 5.41) is 0.891. The smallest absolute Gasteiger partial charge is 0.123 e. The van der Waals surface area contributed by atoms with Crippen LogP contribution in [0.1, 0.15) is 5.56 Å². The highest BCUT2D eigenvalue weighted by Crippen LogP contribution is 2.33. The lowest BCUT2D eigenvalue weighted by Crippen LogP contribution is -2.13. The highest BCUT2D eigenvalue weighted by Gasteiger charge is 2.21. The third-order valence-electron chi connectivity index (χ3n) is 3.08. The molecule has 2 aromatic carbocycles. The van der Waals surface area contributed by atoms with E-state index in [4.69, 9.17) is 4.74 Å². The minimum atomic E-state index is 0.288. The van der Waals surface area contributed by atoms with Crippen molar-refractivity contribution in [2.75, 3.05) is 5.33 Å². The first-order valence-corrected chi connectivity index (χ1v) is 6.90. The van der Waals surface area contributed by atoms with Crippen LogP contribution in [0.25, 0.3) is 11.1 Å². The van der Waals surface area contributed by atoms with Crippen LogP contribution in [-0.4, -0.2) is 11.4 Å². The fourth-order valence-corrected chi connectivity index (χ4v) is 2.58. The number of fused-ring (bicyclic) bond motifs is 1. The van der Waals surface area contributed by atoms with Crippen LogP contribution < -0.4 is 4.74 Å². The maximum atomic E-state index is 5.80. The Labute approximate surface area is 110 Å². The summed E-state index contributed by atoms with van der Waals surface area (Å²) in [4.78, 5) is 0. The Morgan fingerprint density at radius 3 is 2.65 bits per heavy atom. The van der Waals surface area contributed by atoms with Gasteiger partial charge in [-0.25, -0.2) is 0 Å². The molecule has 0 spiro atoms. The molecule has 1 heterocycles. The first kappa shape index (κ1) is 10.8. The summed E-state index contributed by atoms with van der Waals surface area (Å²) in [7, 11) is 0. The molecule has 0 saturated heterocycles. The zero-order valence-electron chi connectivity index (χ0n) is 9.40. The third kappa shape index (κ3) is 2.09. The predicted octanol–water partition coefficient (Wildman–Crippen LogP) is 4.05. The first-order chi connectivity index (χ1) is 8.36. The maximum Gasteiger partial charge on any atom is 0.123 e. The average molecular weight is 289 g/mol. The first-order valence-electron chi connectivity index (χ1n) is 5.78. The number of hydrogen-bond donors (Lipinski definition) is 0. The Bertz CT molecular complexity index is 522. The van der Waals surface area contributed by atoms with Gasteiger partial charge in [-0.15, -0.1) is 0 Å². The van der Waals surface area contributed by atoms with E-state index in [1.165, 1.54) is 16.7 Å². The minimum absolute atomic E-state index is 0.288. The van der Waals surface area contributed by atoms with Gasteiger partial charge >= 0.3 is 0 Å². The largest absolute Gasteiger partial charge is 0.489 e. The SMILES string of the molecule is BrCC1Cc2cc(-c3ccccc3)ccc2O1. The molecule has 0 bridgehead atoms. The summed E-state index contributed by atoms with van der Waals surface area (Å²) in [6, 6.07) is 16.9. The van der Waals surface area contributed by atoms with Crippen molar-refractivity contribution in [3.8, 4) is 16.9 Å². The van der Waals surface area contributed by atoms with E-state index in [9.17, 15) is 0 Å². The van der Waals surface area contributed by atoms with Gasteiger partial charge in [0.25, 0.3) is 0 Å². The third-order valence-corrected chi connectivity index (χ3v) is 3.80. The van der Waals surface area contributed by atoms with E-state index in [0.29, 0.717) is 0 Å². The number of ether oxygens (including phenoxy) is 1. The molecule has 17 heavy (non-hydrogen) atoms. The molecule has 0 aliphatic carbocycles. The van der Waals surface area contributed by atoms with E-state index in [1.54, 1.807) is 0 Å². The van der Waals surface area contributed by atoms with Crippen molar-refractivity contribution in [3.63, 3.8) is 0 Å². The lowest BCUT2D eigenvalue weighted by atomic mass is 10.0. The molecule has 0 aromatic heterocycles. The summed E-state index contributed by atoms with van der Waals surface area (Å²) < 4.78 is 5.80. The molecule has 1 nitrogen and oxygen atoms in total. The number of benzene rings is 2. The molecule has 86 valence electrons. The van der Waals surface area contributed by atoms with E-state index in [0.717, 1.165) is 17.5 Å². The second-order valence-electron chi connectivity index (χ2n) is 4.29. The summed E-state index contributed by atoms with van der Waals surface area (Å²) in [5.41, 5.74) is 3.84. The Morgan fingerprint density at radius 2 is 1.88 bits per heavy atom. The van der Waals surface area contributed by atoms with Crippen LogP contribution in [0.2, 0.25) is 0 Å². The van der Waals surface area contributed by atoms with Crippen LogP contribution in [0.3, 0.4) is 0 Å². The molecule has 1 atom stereocenters. The van der Waals surface area contributed by atoms with E-state index in [-0.39, 0.29) is 6.10 Å². The second kappa shape index (κ2) is 4.53. The molecule has 0 fully saturated rings. The minimum Gasteiger partial charge on any atom is -0.489 e. The standard InChI is InChI=1S/C15H13BrO/c16-10-14-9-13-8-12(6-7-15(13)17-14)11-4-2-1-3-5-11/h1-8,14H,9-10H2. The Hall–Kier alpha value is -1.28. The second-order valence-corrected chi connectivity index (χ2v) is 4.93. The number of alkyl halides is 1. The van der Waals surface area contributed by atoms with Gasteiger partial charge in [-0.05, 0) is 28.8 Å². The fourth-order valence-electron chi connectivity index (χ4n) is 2.22. The van der Waals surface area contributed by atoms with Gasteiger partial charge in [-0.2, -0.15) is 0 Å². The van der Waals surface area contributed by atoms with E-state index < -0.39 is 0 Å². The van der Waals surface area contributed by atoms with Gasteiger partial charge in [0.1, 0.15) is 11.9 Å². The Kier molecular flexibility index (Phi) is 2.89. The van der Waals surface area contributed by atoms with E-state index in [1.807, 2.05) is 6.07 Å². The van der Waals surface area contributed by atoms with Crippen molar-refractivity contribution in [1.29, 1.82) is 0 Å². The highest BCUT2D eigenvalue weighted by molar-refractivity contribution is 9.09. The topological polar surface area (TPSA) is 9.23 Å². The van der Waals surface area contributed by atoms with Crippen molar-refractivity contribution < 1.29 is 4.74 Å². The van der Waals surface area contributed by atoms with Gasteiger partial charge < -0.3 is 4.74 Å². The molecule has 1 aliphatic heterocycles. The predicted molar refractivity (Wildman–Crippen MR) is 73.8 cm³/mol. The molecule has 1 aliphatic rings. The monoisotopic (exact) mass is 288 g/mol. The summed E-state index contributed by atoms with van der Waals surface area (Å²) in [6.07, 6.45) is 1.29. The number of halogens is 1. The fraction of sp³-hybridized carbons (Fsp3) is 0.200. The molecule has 1 unspecified atom stereocenters. The molecule has 0 radical (unpaired) electrons. The highest BCUT2D eigenvalue weighted by atomic mass is 79.9. The van der Waals surface area contributed by atoms with Gasteiger partial charge in [0, 0.05) is 11.8 Å². The van der Waals surface area contributed by atoms with Crippen LogP contribution in [-0.2, 0) is 6.42 Å². The van der Waals surface area contributed by atoms with Gasteiger partial charge in [0.05, 0.1) is 0 Å². The molecule has 2 heteroatoms. The molecule has 0 saturated carbocycles. The van der Waals surface area contributed by atoms with Crippen molar-refractivity contribution in [1.82, 2.24) is 0 Å². The average Bonchev–Trinajstić information content (AvgIpc) is 2.81. The van der Waals surface area contributed by atoms with Crippen LogP contribution in [0.15, 0.2) is 48.5 Å². The molecule has 0 amide bonds. The normalized spacial score (nSPS) is 17.6. The van der Waals surface area contributed by atoms with Crippen molar-refractivity contribution in [2.45, 2.75) is 12.5 Å². The zero-order valence-corrected chi connectivity index (χ0v) is 11.0. The Balaban J connectivity index is 1.96. The quantitative estimate of drug-likeness (QED) is 0.758. The van der Waals surface area contributed by atoms with Crippen LogP contribution >= 0.6 is 15.9 Å². The summed E-state index contributed by atoms with van der Waals surface area (Å²) in [6.45, 7) is 0. The van der Waals surface area contributed by atoms with Gasteiger partial charge in [0.2, 0.25) is 0 Å². The molecule has 3 rings (SSSR count). The molecular weight excluding hydrogens is 276 g/mol. The molecular formula is C15H13BrO. The van der Waals surface area contributed by atoms with Crippen molar-refractivity contribution in [2.24, 2.45) is 0 Å². The summed E-state index contributed by atoms with van der Waals surface area (Å²) in [5.74, 6) is 1.04. The van der Waals surface area contributed by atoms with Gasteiger partial charge in [-0.1, -0.05) is 52.3 Å². The van der Waals surface area contributed by atoms with E-state index >= 15 is 0 Å². The molecule has 2 aromatic rings. The van der Waals surface area contributed by atoms with Crippen LogP contribution in [0.5, 0.6) is 5.75 Å². The van der Waals surface area contributed by atoms with Crippen molar-refractivity contribution >= 4 is 15.9 Å². The summed E-state index contributed by atoms with van der Waals surface area (Å²) >= 11 is 3.47. The van der Waals surface area contributed by atoms with Crippen molar-refractivity contribution in [3.05, 3.63) is 54.1 Å². The van der Waals surface area contributed by atoms with Crippen LogP contribution in [0.4, 0.5) is 0 Å². The maximum absolute atomic E-state index is 5.80. The Morgan fingerprint density at radius 1 is 1.06 bits per heavy atom. The lowest BCUT2D eigenvalue weighted by molar-refractivity contribution is 0.260. The lowest BCUT2D eigenvalue weighted by Gasteiger charge is -2.05. The van der Waals surface area contributed by atoms with E-state index in [2.05, 4.69) is 58.4 Å². The zero-order chi connectivity index (χ0) is 11.7. The number of hydrogen-bond acceptors (Lipinski definition) is 1. The number of rotatable bonds is 2. The molecule has 0 N–H and O–H groups in total.